The molecule has 2 rings (SSSR count). The van der Waals surface area contributed by atoms with Gasteiger partial charge in [-0.15, -0.1) is 0 Å². The highest BCUT2D eigenvalue weighted by molar-refractivity contribution is 6.32. The van der Waals surface area contributed by atoms with E-state index in [0.29, 0.717) is 18.0 Å². The van der Waals surface area contributed by atoms with Gasteiger partial charge in [0.25, 0.3) is 5.91 Å². The van der Waals surface area contributed by atoms with Gasteiger partial charge in [-0.25, -0.2) is 0 Å². The van der Waals surface area contributed by atoms with Crippen LogP contribution in [0.2, 0.25) is 5.22 Å². The van der Waals surface area contributed by atoms with E-state index in [1.807, 2.05) is 6.92 Å². The molecule has 1 aromatic rings. The zero-order valence-corrected chi connectivity index (χ0v) is 9.88. The molecule has 4 nitrogen and oxygen atoms in total. The Morgan fingerprint density at radius 1 is 1.75 bits per heavy atom. The van der Waals surface area contributed by atoms with Crippen molar-refractivity contribution in [1.29, 1.82) is 0 Å². The van der Waals surface area contributed by atoms with Crippen LogP contribution in [0.4, 0.5) is 0 Å². The molecule has 1 aromatic heterocycles. The molecule has 0 bridgehead atoms. The van der Waals surface area contributed by atoms with Crippen molar-refractivity contribution in [3.63, 3.8) is 0 Å². The number of nitrogens with two attached hydrogens (primary N) is 1. The van der Waals surface area contributed by atoms with Crippen LogP contribution in [0.15, 0.2) is 16.7 Å². The molecule has 1 unspecified atom stereocenters. The summed E-state index contributed by atoms with van der Waals surface area (Å²) in [5.41, 5.74) is 5.74. The lowest BCUT2D eigenvalue weighted by Crippen LogP contribution is -2.53. The lowest BCUT2D eigenvalue weighted by Gasteiger charge is -2.29. The zero-order chi connectivity index (χ0) is 11.8. The van der Waals surface area contributed by atoms with Gasteiger partial charge in [-0.05, 0) is 43.4 Å². The number of hydrogen-bond acceptors (Lipinski definition) is 3. The molecule has 1 atom stereocenters. The van der Waals surface area contributed by atoms with Crippen molar-refractivity contribution in [2.45, 2.75) is 25.3 Å². The van der Waals surface area contributed by atoms with Crippen LogP contribution in [0.3, 0.4) is 0 Å². The molecule has 3 N–H and O–H groups in total. The molecule has 0 spiro atoms. The van der Waals surface area contributed by atoms with Crippen LogP contribution in [-0.2, 0) is 0 Å². The van der Waals surface area contributed by atoms with E-state index in [9.17, 15) is 4.79 Å². The van der Waals surface area contributed by atoms with Gasteiger partial charge in [-0.1, -0.05) is 0 Å². The quantitative estimate of drug-likeness (QED) is 0.846. The Labute approximate surface area is 99.1 Å². The SMILES string of the molecule is CC(CN)(NC(=O)c1ccoc1Cl)C1CC1. The average Bonchev–Trinajstić information content (AvgIpc) is 3.02. The molecule has 1 amide bonds. The Balaban J connectivity index is 2.09. The summed E-state index contributed by atoms with van der Waals surface area (Å²) in [4.78, 5) is 11.9. The number of furan rings is 1. The fourth-order valence-corrected chi connectivity index (χ4v) is 2.02. The Hall–Kier alpha value is -1.00. The summed E-state index contributed by atoms with van der Waals surface area (Å²) < 4.78 is 4.88. The molecule has 0 aliphatic heterocycles. The van der Waals surface area contributed by atoms with E-state index >= 15 is 0 Å². The average molecular weight is 243 g/mol. The monoisotopic (exact) mass is 242 g/mol. The Morgan fingerprint density at radius 3 is 2.88 bits per heavy atom. The topological polar surface area (TPSA) is 68.3 Å². The number of carbonyl (C=O) groups is 1. The maximum absolute atomic E-state index is 11.9. The standard InChI is InChI=1S/C11H15ClN2O2/c1-11(6-13,7-2-3-7)14-10(15)8-4-5-16-9(8)12/h4-5,7H,2-3,6,13H2,1H3,(H,14,15). The van der Waals surface area contributed by atoms with Gasteiger partial charge in [0.05, 0.1) is 17.4 Å². The third kappa shape index (κ3) is 2.08. The van der Waals surface area contributed by atoms with Crippen LogP contribution in [0, 0.1) is 5.92 Å². The highest BCUT2D eigenvalue weighted by atomic mass is 35.5. The fraction of sp³-hybridized carbons (Fsp3) is 0.545. The number of rotatable bonds is 4. The van der Waals surface area contributed by atoms with Crippen LogP contribution in [0.25, 0.3) is 0 Å². The second-order valence-electron chi connectivity index (χ2n) is 4.46. The molecular formula is C11H15ClN2O2. The molecule has 1 aliphatic carbocycles. The molecular weight excluding hydrogens is 228 g/mol. The largest absolute Gasteiger partial charge is 0.452 e. The first-order valence-electron chi connectivity index (χ1n) is 5.32. The van der Waals surface area contributed by atoms with Gasteiger partial charge in [0.1, 0.15) is 0 Å². The summed E-state index contributed by atoms with van der Waals surface area (Å²) in [5, 5.41) is 3.06. The van der Waals surface area contributed by atoms with E-state index in [-0.39, 0.29) is 16.7 Å². The third-order valence-electron chi connectivity index (χ3n) is 3.16. The number of nitrogens with one attached hydrogen (secondary N) is 1. The fourth-order valence-electron chi connectivity index (χ4n) is 1.82. The normalized spacial score (nSPS) is 19.2. The molecule has 0 radical (unpaired) electrons. The highest BCUT2D eigenvalue weighted by Crippen LogP contribution is 2.39. The second kappa shape index (κ2) is 4.11. The Kier molecular flexibility index (Phi) is 2.95. The first-order chi connectivity index (χ1) is 7.57. The first kappa shape index (κ1) is 11.5. The summed E-state index contributed by atoms with van der Waals surface area (Å²) in [6.07, 6.45) is 3.63. The molecule has 1 aliphatic rings. The lowest BCUT2D eigenvalue weighted by atomic mass is 9.95. The number of hydrogen-bond donors (Lipinski definition) is 2. The molecule has 88 valence electrons. The number of amides is 1. The second-order valence-corrected chi connectivity index (χ2v) is 4.80. The van der Waals surface area contributed by atoms with Gasteiger partial charge in [0, 0.05) is 6.54 Å². The van der Waals surface area contributed by atoms with Crippen molar-refractivity contribution >= 4 is 17.5 Å². The van der Waals surface area contributed by atoms with E-state index in [0.717, 1.165) is 12.8 Å². The molecule has 1 saturated carbocycles. The minimum absolute atomic E-state index is 0.118. The molecule has 5 heteroatoms. The van der Waals surface area contributed by atoms with Crippen molar-refractivity contribution in [1.82, 2.24) is 5.32 Å². The maximum atomic E-state index is 11.9. The minimum Gasteiger partial charge on any atom is -0.452 e. The van der Waals surface area contributed by atoms with Crippen LogP contribution in [0.5, 0.6) is 0 Å². The van der Waals surface area contributed by atoms with Crippen molar-refractivity contribution < 1.29 is 9.21 Å². The smallest absolute Gasteiger partial charge is 0.256 e. The van der Waals surface area contributed by atoms with E-state index in [2.05, 4.69) is 5.32 Å². The Morgan fingerprint density at radius 2 is 2.44 bits per heavy atom. The summed E-state index contributed by atoms with van der Waals surface area (Å²) in [7, 11) is 0. The number of halogens is 1. The van der Waals surface area contributed by atoms with E-state index in [1.165, 1.54) is 6.26 Å². The van der Waals surface area contributed by atoms with Crippen LogP contribution in [-0.4, -0.2) is 18.0 Å². The van der Waals surface area contributed by atoms with Gasteiger partial charge in [-0.2, -0.15) is 0 Å². The van der Waals surface area contributed by atoms with Crippen molar-refractivity contribution in [2.24, 2.45) is 11.7 Å². The van der Waals surface area contributed by atoms with Crippen LogP contribution in [0.1, 0.15) is 30.1 Å². The van der Waals surface area contributed by atoms with Gasteiger partial charge in [0.15, 0.2) is 0 Å². The van der Waals surface area contributed by atoms with Crippen molar-refractivity contribution in [3.8, 4) is 0 Å². The van der Waals surface area contributed by atoms with E-state index in [1.54, 1.807) is 6.07 Å². The van der Waals surface area contributed by atoms with Crippen LogP contribution < -0.4 is 11.1 Å². The summed E-state index contributed by atoms with van der Waals surface area (Å²) in [5.74, 6) is 0.255. The lowest BCUT2D eigenvalue weighted by molar-refractivity contribution is 0.0897. The first-order valence-corrected chi connectivity index (χ1v) is 5.70. The van der Waals surface area contributed by atoms with E-state index < -0.39 is 0 Å². The maximum Gasteiger partial charge on any atom is 0.256 e. The van der Waals surface area contributed by atoms with Gasteiger partial charge >= 0.3 is 0 Å². The molecule has 0 saturated heterocycles. The summed E-state index contributed by atoms with van der Waals surface area (Å²) >= 11 is 5.74. The number of carbonyl (C=O) groups excluding carboxylic acids is 1. The predicted octanol–water partition coefficient (Wildman–Crippen LogP) is 1.79. The minimum atomic E-state index is -0.336. The molecule has 1 heterocycles. The Bertz CT molecular complexity index is 400. The predicted molar refractivity (Wildman–Crippen MR) is 61.4 cm³/mol. The van der Waals surface area contributed by atoms with Crippen molar-refractivity contribution in [2.75, 3.05) is 6.54 Å². The molecule has 1 fully saturated rings. The molecule has 16 heavy (non-hydrogen) atoms. The summed E-state index contributed by atoms with van der Waals surface area (Å²) in [6.45, 7) is 2.40. The van der Waals surface area contributed by atoms with Gasteiger partial charge in [-0.3, -0.25) is 4.79 Å². The highest BCUT2D eigenvalue weighted by Gasteiger charge is 2.41. The molecule has 0 aromatic carbocycles. The third-order valence-corrected chi connectivity index (χ3v) is 3.46. The van der Waals surface area contributed by atoms with Gasteiger partial charge < -0.3 is 15.5 Å². The summed E-state index contributed by atoms with van der Waals surface area (Å²) in [6, 6.07) is 1.56. The van der Waals surface area contributed by atoms with Crippen molar-refractivity contribution in [3.05, 3.63) is 23.1 Å². The van der Waals surface area contributed by atoms with E-state index in [4.69, 9.17) is 21.8 Å². The zero-order valence-electron chi connectivity index (χ0n) is 9.13. The van der Waals surface area contributed by atoms with Gasteiger partial charge in [0.2, 0.25) is 5.22 Å². The van der Waals surface area contributed by atoms with Crippen LogP contribution >= 0.6 is 11.6 Å².